The van der Waals surface area contributed by atoms with Gasteiger partial charge in [-0.05, 0) is 30.5 Å². The summed E-state index contributed by atoms with van der Waals surface area (Å²) in [7, 11) is 0. The Bertz CT molecular complexity index is 368. The molecule has 4 nitrogen and oxygen atoms in total. The molecule has 1 aliphatic carbocycles. The number of hydrogen-bond donors (Lipinski definition) is 3. The van der Waals surface area contributed by atoms with E-state index in [2.05, 4.69) is 5.32 Å². The number of aliphatic hydroxyl groups excluding tert-OH is 2. The van der Waals surface area contributed by atoms with Crippen LogP contribution < -0.4 is 5.32 Å². The van der Waals surface area contributed by atoms with Crippen molar-refractivity contribution in [2.45, 2.75) is 31.6 Å². The number of rotatable bonds is 3. The Balaban J connectivity index is 1.93. The van der Waals surface area contributed by atoms with Gasteiger partial charge in [-0.15, -0.1) is 0 Å². The molecular weight excluding hydrogens is 206 g/mol. The predicted octanol–water partition coefficient (Wildman–Crippen LogP) is 0.432. The number of carbonyl (C=O) groups excluding carboxylic acids is 1. The number of carbonyl (C=O) groups is 1. The van der Waals surface area contributed by atoms with Crippen LogP contribution in [0.1, 0.15) is 28.8 Å². The summed E-state index contributed by atoms with van der Waals surface area (Å²) in [5.41, 5.74) is 1.37. The molecule has 0 atom stereocenters. The zero-order chi connectivity index (χ0) is 11.5. The number of benzene rings is 1. The van der Waals surface area contributed by atoms with Crippen LogP contribution in [0.5, 0.6) is 0 Å². The lowest BCUT2D eigenvalue weighted by Crippen LogP contribution is -2.46. The van der Waals surface area contributed by atoms with Crippen molar-refractivity contribution in [2.75, 3.05) is 0 Å². The molecule has 0 aromatic heterocycles. The zero-order valence-electron chi connectivity index (χ0n) is 8.89. The second-order valence-electron chi connectivity index (χ2n) is 4.15. The van der Waals surface area contributed by atoms with Crippen molar-refractivity contribution < 1.29 is 15.0 Å². The van der Waals surface area contributed by atoms with Crippen molar-refractivity contribution in [2.24, 2.45) is 0 Å². The third-order valence-electron chi connectivity index (χ3n) is 2.85. The van der Waals surface area contributed by atoms with Gasteiger partial charge in [0.05, 0.1) is 12.7 Å². The van der Waals surface area contributed by atoms with Gasteiger partial charge in [0.25, 0.3) is 5.91 Å². The monoisotopic (exact) mass is 221 g/mol. The fraction of sp³-hybridized carbons (Fsp3) is 0.417. The van der Waals surface area contributed by atoms with E-state index in [1.54, 1.807) is 24.3 Å². The molecule has 3 N–H and O–H groups in total. The second-order valence-corrected chi connectivity index (χ2v) is 4.15. The SMILES string of the molecule is O=C(NC1CC(O)C1)c1ccc(CO)cc1. The minimum atomic E-state index is -0.262. The Labute approximate surface area is 93.9 Å². The van der Waals surface area contributed by atoms with E-state index in [-0.39, 0.29) is 24.7 Å². The molecule has 1 aliphatic rings. The van der Waals surface area contributed by atoms with Crippen molar-refractivity contribution in [3.8, 4) is 0 Å². The predicted molar refractivity (Wildman–Crippen MR) is 58.9 cm³/mol. The van der Waals surface area contributed by atoms with Crippen LogP contribution in [0.4, 0.5) is 0 Å². The molecule has 4 heteroatoms. The number of aliphatic hydroxyl groups is 2. The molecule has 1 amide bonds. The maximum absolute atomic E-state index is 11.7. The summed E-state index contributed by atoms with van der Waals surface area (Å²) in [5, 5.41) is 20.8. The first-order chi connectivity index (χ1) is 7.69. The lowest BCUT2D eigenvalue weighted by Gasteiger charge is -2.31. The van der Waals surface area contributed by atoms with E-state index in [4.69, 9.17) is 10.2 Å². The third kappa shape index (κ3) is 2.40. The standard InChI is InChI=1S/C12H15NO3/c14-7-8-1-3-9(4-2-8)12(16)13-10-5-11(15)6-10/h1-4,10-11,14-15H,5-7H2,(H,13,16). The van der Waals surface area contributed by atoms with Gasteiger partial charge in [0, 0.05) is 11.6 Å². The molecule has 0 bridgehead atoms. The smallest absolute Gasteiger partial charge is 0.251 e. The summed E-state index contributed by atoms with van der Waals surface area (Å²) in [6, 6.07) is 6.93. The Kier molecular flexibility index (Phi) is 3.22. The highest BCUT2D eigenvalue weighted by Crippen LogP contribution is 2.19. The first-order valence-electron chi connectivity index (χ1n) is 5.38. The second kappa shape index (κ2) is 4.63. The van der Waals surface area contributed by atoms with Crippen LogP contribution in [-0.2, 0) is 6.61 Å². The Morgan fingerprint density at radius 2 is 1.94 bits per heavy atom. The van der Waals surface area contributed by atoms with Gasteiger partial charge in [0.2, 0.25) is 0 Å². The minimum absolute atomic E-state index is 0.0171. The summed E-state index contributed by atoms with van der Waals surface area (Å²) in [4.78, 5) is 11.7. The normalized spacial score (nSPS) is 23.6. The van der Waals surface area contributed by atoms with E-state index in [1.165, 1.54) is 0 Å². The first-order valence-corrected chi connectivity index (χ1v) is 5.38. The molecule has 1 aromatic carbocycles. The molecule has 0 heterocycles. The molecule has 16 heavy (non-hydrogen) atoms. The number of amides is 1. The highest BCUT2D eigenvalue weighted by molar-refractivity contribution is 5.94. The molecule has 0 saturated heterocycles. The maximum Gasteiger partial charge on any atom is 0.251 e. The van der Waals surface area contributed by atoms with Crippen molar-refractivity contribution in [3.63, 3.8) is 0 Å². The topological polar surface area (TPSA) is 69.6 Å². The van der Waals surface area contributed by atoms with Gasteiger partial charge >= 0.3 is 0 Å². The highest BCUT2D eigenvalue weighted by atomic mass is 16.3. The number of nitrogens with one attached hydrogen (secondary N) is 1. The lowest BCUT2D eigenvalue weighted by atomic mass is 9.89. The average molecular weight is 221 g/mol. The quantitative estimate of drug-likeness (QED) is 0.693. The van der Waals surface area contributed by atoms with E-state index < -0.39 is 0 Å². The van der Waals surface area contributed by atoms with E-state index >= 15 is 0 Å². The maximum atomic E-state index is 11.7. The third-order valence-corrected chi connectivity index (χ3v) is 2.85. The van der Waals surface area contributed by atoms with Crippen LogP contribution in [0.25, 0.3) is 0 Å². The average Bonchev–Trinajstić information content (AvgIpc) is 2.27. The number of hydrogen-bond acceptors (Lipinski definition) is 3. The van der Waals surface area contributed by atoms with Crippen LogP contribution in [0.15, 0.2) is 24.3 Å². The summed E-state index contributed by atoms with van der Waals surface area (Å²) < 4.78 is 0. The fourth-order valence-electron chi connectivity index (χ4n) is 1.74. The van der Waals surface area contributed by atoms with Crippen molar-refractivity contribution in [1.82, 2.24) is 5.32 Å². The molecule has 1 aromatic rings. The van der Waals surface area contributed by atoms with Gasteiger partial charge in [-0.25, -0.2) is 0 Å². The lowest BCUT2D eigenvalue weighted by molar-refractivity contribution is 0.0562. The molecule has 1 saturated carbocycles. The Hall–Kier alpha value is -1.39. The molecule has 0 spiro atoms. The van der Waals surface area contributed by atoms with Gasteiger partial charge < -0.3 is 15.5 Å². The van der Waals surface area contributed by atoms with Crippen LogP contribution >= 0.6 is 0 Å². The van der Waals surface area contributed by atoms with Crippen molar-refractivity contribution >= 4 is 5.91 Å². The Morgan fingerprint density at radius 1 is 1.31 bits per heavy atom. The van der Waals surface area contributed by atoms with Crippen LogP contribution in [0, 0.1) is 0 Å². The van der Waals surface area contributed by atoms with Gasteiger partial charge in [-0.1, -0.05) is 12.1 Å². The summed E-state index contributed by atoms with van der Waals surface area (Å²) >= 11 is 0. The van der Waals surface area contributed by atoms with E-state index in [0.29, 0.717) is 18.4 Å². The van der Waals surface area contributed by atoms with E-state index in [9.17, 15) is 4.79 Å². The van der Waals surface area contributed by atoms with Crippen LogP contribution in [0.3, 0.4) is 0 Å². The van der Waals surface area contributed by atoms with Gasteiger partial charge in [-0.2, -0.15) is 0 Å². The summed E-state index contributed by atoms with van der Waals surface area (Å²) in [6.45, 7) is -0.0171. The molecule has 0 unspecified atom stereocenters. The van der Waals surface area contributed by atoms with Gasteiger partial charge in [0.15, 0.2) is 0 Å². The molecule has 86 valence electrons. The van der Waals surface area contributed by atoms with Crippen molar-refractivity contribution in [3.05, 3.63) is 35.4 Å². The van der Waals surface area contributed by atoms with Crippen LogP contribution in [-0.4, -0.2) is 28.3 Å². The summed E-state index contributed by atoms with van der Waals surface area (Å²) in [6.07, 6.45) is 1.02. The minimum Gasteiger partial charge on any atom is -0.393 e. The first kappa shape index (κ1) is 11.1. The summed E-state index contributed by atoms with van der Waals surface area (Å²) in [5.74, 6) is -0.124. The zero-order valence-corrected chi connectivity index (χ0v) is 8.89. The Morgan fingerprint density at radius 3 is 2.44 bits per heavy atom. The fourth-order valence-corrected chi connectivity index (χ4v) is 1.74. The molecule has 0 radical (unpaired) electrons. The van der Waals surface area contributed by atoms with E-state index in [0.717, 1.165) is 5.56 Å². The highest BCUT2D eigenvalue weighted by Gasteiger charge is 2.28. The molecule has 1 fully saturated rings. The molecule has 0 aliphatic heterocycles. The van der Waals surface area contributed by atoms with Crippen LogP contribution in [0.2, 0.25) is 0 Å². The van der Waals surface area contributed by atoms with Gasteiger partial charge in [0.1, 0.15) is 0 Å². The van der Waals surface area contributed by atoms with Crippen molar-refractivity contribution in [1.29, 1.82) is 0 Å². The van der Waals surface area contributed by atoms with Gasteiger partial charge in [-0.3, -0.25) is 4.79 Å². The molecular formula is C12H15NO3. The largest absolute Gasteiger partial charge is 0.393 e. The molecule has 2 rings (SSSR count). The van der Waals surface area contributed by atoms with E-state index in [1.807, 2.05) is 0 Å².